The maximum Gasteiger partial charge on any atom is 0.333 e. The van der Waals surface area contributed by atoms with Gasteiger partial charge in [0.2, 0.25) is 11.8 Å². The highest BCUT2D eigenvalue weighted by molar-refractivity contribution is 5.86. The van der Waals surface area contributed by atoms with Crippen LogP contribution in [0.2, 0.25) is 0 Å². The number of aliphatic hydroxyl groups excluding tert-OH is 1. The van der Waals surface area contributed by atoms with E-state index in [1.54, 1.807) is 6.92 Å². The molecule has 1 aromatic rings. The fourth-order valence-electron chi connectivity index (χ4n) is 4.80. The highest BCUT2D eigenvalue weighted by atomic mass is 16.6. The van der Waals surface area contributed by atoms with Gasteiger partial charge in [-0.05, 0) is 32.3 Å². The standard InChI is InChI=1S/C27H41NO7/c1-20(2)26(32)34-18-12-15-28-24(30)22-21-13-14-27(35-21,23(22)25(28)31)19-33-17-11-9-7-5-3-4-6-8-10-16-29/h13-14,21,29-31H,1,3-12,15-19H2,2H3. The number of carbonyl (C=O) groups excluding carboxylic acids is 1. The van der Waals surface area contributed by atoms with Crippen molar-refractivity contribution in [1.29, 1.82) is 0 Å². The van der Waals surface area contributed by atoms with Crippen molar-refractivity contribution in [2.75, 3.05) is 26.4 Å². The van der Waals surface area contributed by atoms with Gasteiger partial charge in [-0.3, -0.25) is 4.57 Å². The molecular weight excluding hydrogens is 450 g/mol. The molecule has 8 heteroatoms. The first-order chi connectivity index (χ1) is 16.9. The molecule has 0 radical (unpaired) electrons. The minimum atomic E-state index is -0.881. The van der Waals surface area contributed by atoms with Crippen LogP contribution in [-0.4, -0.2) is 52.3 Å². The summed E-state index contributed by atoms with van der Waals surface area (Å²) in [5.74, 6) is -0.496. The van der Waals surface area contributed by atoms with Gasteiger partial charge in [-0.25, -0.2) is 4.79 Å². The Balaban J connectivity index is 1.41. The topological polar surface area (TPSA) is 110 Å². The van der Waals surface area contributed by atoms with Gasteiger partial charge in [0.25, 0.3) is 0 Å². The molecule has 2 bridgehead atoms. The predicted molar refractivity (Wildman–Crippen MR) is 132 cm³/mol. The first kappa shape index (κ1) is 27.3. The number of esters is 1. The largest absolute Gasteiger partial charge is 0.494 e. The molecule has 2 atom stereocenters. The maximum absolute atomic E-state index is 11.5. The molecule has 196 valence electrons. The second-order valence-corrected chi connectivity index (χ2v) is 9.60. The van der Waals surface area contributed by atoms with Crippen molar-refractivity contribution in [1.82, 2.24) is 4.57 Å². The van der Waals surface area contributed by atoms with E-state index in [-0.39, 0.29) is 25.0 Å². The lowest BCUT2D eigenvalue weighted by atomic mass is 9.90. The van der Waals surface area contributed by atoms with Crippen molar-refractivity contribution >= 4 is 5.97 Å². The monoisotopic (exact) mass is 491 g/mol. The Hall–Kier alpha value is -2.29. The van der Waals surface area contributed by atoms with Crippen LogP contribution >= 0.6 is 0 Å². The highest BCUT2D eigenvalue weighted by Crippen LogP contribution is 2.58. The maximum atomic E-state index is 11.5. The lowest BCUT2D eigenvalue weighted by Crippen LogP contribution is -2.28. The fourth-order valence-corrected chi connectivity index (χ4v) is 4.80. The van der Waals surface area contributed by atoms with E-state index in [2.05, 4.69) is 6.58 Å². The Labute approximate surface area is 208 Å². The molecule has 0 fully saturated rings. The van der Waals surface area contributed by atoms with Crippen LogP contribution in [0.25, 0.3) is 0 Å². The van der Waals surface area contributed by atoms with Crippen LogP contribution in [0.5, 0.6) is 11.8 Å². The summed E-state index contributed by atoms with van der Waals surface area (Å²) in [6, 6.07) is 0. The van der Waals surface area contributed by atoms with Crippen LogP contribution in [0.15, 0.2) is 24.3 Å². The third-order valence-corrected chi connectivity index (χ3v) is 6.70. The van der Waals surface area contributed by atoms with Crippen molar-refractivity contribution < 1.29 is 34.3 Å². The number of hydrogen-bond acceptors (Lipinski definition) is 7. The number of hydrogen-bond donors (Lipinski definition) is 3. The van der Waals surface area contributed by atoms with Gasteiger partial charge in [-0.1, -0.05) is 57.6 Å². The summed E-state index contributed by atoms with van der Waals surface area (Å²) in [5, 5.41) is 30.5. The van der Waals surface area contributed by atoms with Crippen molar-refractivity contribution in [2.24, 2.45) is 0 Å². The summed E-state index contributed by atoms with van der Waals surface area (Å²) in [7, 11) is 0. The lowest BCUT2D eigenvalue weighted by Gasteiger charge is -2.24. The normalized spacial score (nSPS) is 19.9. The zero-order valence-electron chi connectivity index (χ0n) is 21.0. The minimum absolute atomic E-state index is 0.0173. The van der Waals surface area contributed by atoms with Gasteiger partial charge in [0, 0.05) is 25.3 Å². The number of aromatic nitrogens is 1. The van der Waals surface area contributed by atoms with E-state index >= 15 is 0 Å². The Morgan fingerprint density at radius 1 is 1.03 bits per heavy atom. The Morgan fingerprint density at radius 2 is 1.69 bits per heavy atom. The summed E-state index contributed by atoms with van der Waals surface area (Å²) < 4.78 is 18.6. The zero-order valence-corrected chi connectivity index (χ0v) is 21.0. The average Bonchev–Trinajstić information content (AvgIpc) is 3.48. The summed E-state index contributed by atoms with van der Waals surface area (Å²) in [5.41, 5.74) is 0.616. The molecule has 2 aliphatic heterocycles. The van der Waals surface area contributed by atoms with Crippen LogP contribution in [0.4, 0.5) is 0 Å². The van der Waals surface area contributed by atoms with E-state index < -0.39 is 17.7 Å². The molecule has 0 aromatic carbocycles. The molecule has 0 spiro atoms. The number of unbranched alkanes of at least 4 members (excludes halogenated alkanes) is 8. The summed E-state index contributed by atoms with van der Waals surface area (Å²) in [4.78, 5) is 11.5. The summed E-state index contributed by atoms with van der Waals surface area (Å²) in [6.07, 6.45) is 14.1. The molecule has 35 heavy (non-hydrogen) atoms. The Morgan fingerprint density at radius 3 is 2.34 bits per heavy atom. The molecule has 0 saturated carbocycles. The highest BCUT2D eigenvalue weighted by Gasteiger charge is 2.53. The van der Waals surface area contributed by atoms with Gasteiger partial charge in [0.1, 0.15) is 11.7 Å². The molecule has 3 N–H and O–H groups in total. The zero-order chi connectivity index (χ0) is 25.3. The second kappa shape index (κ2) is 13.1. The van der Waals surface area contributed by atoms with Gasteiger partial charge in [-0.2, -0.15) is 0 Å². The van der Waals surface area contributed by atoms with E-state index in [4.69, 9.17) is 19.3 Å². The molecule has 3 heterocycles. The van der Waals surface area contributed by atoms with Gasteiger partial charge in [0.05, 0.1) is 24.3 Å². The average molecular weight is 492 g/mol. The quantitative estimate of drug-likeness (QED) is 0.117. The number of aliphatic hydroxyl groups is 1. The smallest absolute Gasteiger partial charge is 0.333 e. The Bertz CT molecular complexity index is 891. The van der Waals surface area contributed by atoms with Crippen LogP contribution in [0, 0.1) is 0 Å². The number of carbonyl (C=O) groups is 1. The molecule has 3 rings (SSSR count). The van der Waals surface area contributed by atoms with Gasteiger partial charge < -0.3 is 29.5 Å². The number of aromatic hydroxyl groups is 2. The van der Waals surface area contributed by atoms with Crippen LogP contribution in [0.3, 0.4) is 0 Å². The van der Waals surface area contributed by atoms with E-state index in [1.807, 2.05) is 12.2 Å². The van der Waals surface area contributed by atoms with E-state index in [9.17, 15) is 15.0 Å². The third-order valence-electron chi connectivity index (χ3n) is 6.70. The lowest BCUT2D eigenvalue weighted by molar-refractivity contribution is -0.139. The predicted octanol–water partition coefficient (Wildman–Crippen LogP) is 4.76. The molecule has 2 aliphatic rings. The summed E-state index contributed by atoms with van der Waals surface area (Å²) >= 11 is 0. The number of fused-ring (bicyclic) bond motifs is 5. The van der Waals surface area contributed by atoms with E-state index in [1.165, 1.54) is 36.7 Å². The molecule has 0 aliphatic carbocycles. The fraction of sp³-hybridized carbons (Fsp3) is 0.667. The van der Waals surface area contributed by atoms with Crippen molar-refractivity contribution in [3.63, 3.8) is 0 Å². The van der Waals surface area contributed by atoms with Gasteiger partial charge in [-0.15, -0.1) is 0 Å². The molecule has 1 aromatic heterocycles. The first-order valence-electron chi connectivity index (χ1n) is 12.9. The number of nitrogens with zero attached hydrogens (tertiary/aromatic N) is 1. The van der Waals surface area contributed by atoms with Crippen LogP contribution in [-0.2, 0) is 31.2 Å². The van der Waals surface area contributed by atoms with E-state index in [0.29, 0.717) is 42.9 Å². The van der Waals surface area contributed by atoms with Crippen LogP contribution < -0.4 is 0 Å². The molecule has 2 unspecified atom stereocenters. The number of ether oxygens (including phenoxy) is 3. The molecular formula is C27H41NO7. The SMILES string of the molecule is C=C(C)C(=O)OCCCn1c(O)c2c(c1O)C1(COCCCCCCCCCCCO)C=CC2O1. The Kier molecular flexibility index (Phi) is 10.2. The van der Waals surface area contributed by atoms with Gasteiger partial charge >= 0.3 is 5.97 Å². The van der Waals surface area contributed by atoms with Crippen molar-refractivity contribution in [3.05, 3.63) is 35.4 Å². The first-order valence-corrected chi connectivity index (χ1v) is 12.9. The van der Waals surface area contributed by atoms with Crippen molar-refractivity contribution in [2.45, 2.75) is 89.4 Å². The van der Waals surface area contributed by atoms with Crippen molar-refractivity contribution in [3.8, 4) is 11.8 Å². The van der Waals surface area contributed by atoms with Gasteiger partial charge in [0.15, 0.2) is 0 Å². The minimum Gasteiger partial charge on any atom is -0.494 e. The summed E-state index contributed by atoms with van der Waals surface area (Å²) in [6.45, 7) is 6.82. The molecule has 0 amide bonds. The van der Waals surface area contributed by atoms with E-state index in [0.717, 1.165) is 25.7 Å². The van der Waals surface area contributed by atoms with Crippen LogP contribution in [0.1, 0.15) is 88.4 Å². The molecule has 0 saturated heterocycles. The third kappa shape index (κ3) is 6.68. The second-order valence-electron chi connectivity index (χ2n) is 9.60. The molecule has 8 nitrogen and oxygen atoms in total. The number of rotatable bonds is 18.